The van der Waals surface area contributed by atoms with Crippen molar-refractivity contribution in [2.75, 3.05) is 18.0 Å². The number of carbonyl (C=O) groups excluding carboxylic acids is 1. The molecule has 0 unspecified atom stereocenters. The number of hydrogen-bond acceptors (Lipinski definition) is 5. The lowest BCUT2D eigenvalue weighted by atomic mass is 10.0. The quantitative estimate of drug-likeness (QED) is 0.712. The molecule has 7 nitrogen and oxygen atoms in total. The number of benzene rings is 1. The Kier molecular flexibility index (Phi) is 5.57. The number of piperidine rings is 1. The Balaban J connectivity index is 1.26. The summed E-state index contributed by atoms with van der Waals surface area (Å²) >= 11 is 0. The molecule has 1 atom stereocenters. The first-order chi connectivity index (χ1) is 15.5. The van der Waals surface area contributed by atoms with Crippen molar-refractivity contribution in [2.24, 2.45) is 0 Å². The first-order valence-electron chi connectivity index (χ1n) is 11.3. The number of nitrogens with one attached hydrogen (secondary N) is 1. The van der Waals surface area contributed by atoms with Crippen molar-refractivity contribution in [1.82, 2.24) is 20.2 Å². The highest BCUT2D eigenvalue weighted by atomic mass is 19.1. The number of nitrogens with zero attached hydrogens (tertiary/aromatic N) is 4. The molecule has 1 aromatic heterocycles. The number of carbonyl (C=O) groups is 1. The Morgan fingerprint density at radius 2 is 1.97 bits per heavy atom. The monoisotopic (exact) mass is 443 g/mol. The highest BCUT2D eigenvalue weighted by molar-refractivity contribution is 5.75. The topological polar surface area (TPSA) is 81.6 Å². The van der Waals surface area contributed by atoms with Crippen LogP contribution in [0.3, 0.4) is 0 Å². The maximum atomic E-state index is 14.5. The molecule has 2 amide bonds. The van der Waals surface area contributed by atoms with Crippen LogP contribution in [0, 0.1) is 11.6 Å². The summed E-state index contributed by atoms with van der Waals surface area (Å²) in [5.74, 6) is -0.108. The number of halogens is 2. The number of amides is 2. The van der Waals surface area contributed by atoms with E-state index in [4.69, 9.17) is 0 Å². The van der Waals surface area contributed by atoms with Gasteiger partial charge in [0, 0.05) is 37.4 Å². The third-order valence-electron chi connectivity index (χ3n) is 6.53. The van der Waals surface area contributed by atoms with E-state index in [2.05, 4.69) is 15.3 Å². The van der Waals surface area contributed by atoms with Gasteiger partial charge in [0.15, 0.2) is 0 Å². The molecule has 1 aliphatic heterocycles. The van der Waals surface area contributed by atoms with E-state index in [-0.39, 0.29) is 42.2 Å². The summed E-state index contributed by atoms with van der Waals surface area (Å²) in [4.78, 5) is 24.8. The standard InChI is InChI=1S/C23H27F2N5O2/c24-19-11-18(14-3-4-14)20(25)10-15(19)12-27-23(32)30(16-5-6-16)17-2-1-9-29(13-17)21-7-8-26-22(31)28-21/h7-8,10-11,14,16-17H,1-6,9,12-13H2,(H,27,32)(H,26,28,31)/t17-/m1/s1. The van der Waals surface area contributed by atoms with Crippen LogP contribution in [-0.4, -0.2) is 51.2 Å². The molecule has 2 N–H and O–H groups in total. The molecule has 2 aliphatic carbocycles. The predicted octanol–water partition coefficient (Wildman–Crippen LogP) is 3.68. The van der Waals surface area contributed by atoms with Crippen LogP contribution < -0.4 is 10.2 Å². The average molecular weight is 443 g/mol. The smallest absolute Gasteiger partial charge is 0.318 e. The Hall–Kier alpha value is -2.97. The van der Waals surface area contributed by atoms with E-state index in [1.807, 2.05) is 9.80 Å². The molecule has 0 radical (unpaired) electrons. The minimum Gasteiger partial charge on any atom is -0.479 e. The van der Waals surface area contributed by atoms with E-state index in [1.165, 1.54) is 18.3 Å². The van der Waals surface area contributed by atoms with Gasteiger partial charge in [-0.15, -0.1) is 0 Å². The molecule has 1 saturated heterocycles. The van der Waals surface area contributed by atoms with Crippen LogP contribution in [0.15, 0.2) is 24.4 Å². The number of aromatic nitrogens is 2. The lowest BCUT2D eigenvalue weighted by Gasteiger charge is -2.40. The van der Waals surface area contributed by atoms with Crippen LogP contribution in [0.4, 0.5) is 19.4 Å². The van der Waals surface area contributed by atoms with Crippen molar-refractivity contribution in [3.05, 3.63) is 47.2 Å². The summed E-state index contributed by atoms with van der Waals surface area (Å²) in [6, 6.07) is 3.86. The van der Waals surface area contributed by atoms with Crippen LogP contribution in [0.5, 0.6) is 6.01 Å². The number of urea groups is 1. The SMILES string of the molecule is O=C(NCc1cc(F)c(C2CC2)cc1F)N(C1CC1)[C@@H]1CCCN(c2ccnc(O)n2)C1. The van der Waals surface area contributed by atoms with Gasteiger partial charge in [-0.25, -0.2) is 18.6 Å². The van der Waals surface area contributed by atoms with Crippen molar-refractivity contribution in [3.63, 3.8) is 0 Å². The van der Waals surface area contributed by atoms with Gasteiger partial charge in [-0.3, -0.25) is 0 Å². The molecule has 3 aliphatic rings. The number of rotatable bonds is 6. The zero-order valence-corrected chi connectivity index (χ0v) is 17.8. The molecule has 2 aromatic rings. The normalized spacial score (nSPS) is 20.8. The van der Waals surface area contributed by atoms with Crippen molar-refractivity contribution >= 4 is 11.8 Å². The van der Waals surface area contributed by atoms with Crippen molar-refractivity contribution < 1.29 is 18.7 Å². The molecule has 170 valence electrons. The largest absolute Gasteiger partial charge is 0.479 e. The molecule has 2 saturated carbocycles. The van der Waals surface area contributed by atoms with E-state index in [0.717, 1.165) is 45.1 Å². The fourth-order valence-corrected chi connectivity index (χ4v) is 4.60. The number of anilines is 1. The molecule has 0 bridgehead atoms. The van der Waals surface area contributed by atoms with Crippen LogP contribution in [0.2, 0.25) is 0 Å². The van der Waals surface area contributed by atoms with E-state index >= 15 is 0 Å². The number of aromatic hydroxyl groups is 1. The summed E-state index contributed by atoms with van der Waals surface area (Å²) in [7, 11) is 0. The van der Waals surface area contributed by atoms with E-state index in [0.29, 0.717) is 17.9 Å². The van der Waals surface area contributed by atoms with Gasteiger partial charge in [0.2, 0.25) is 0 Å². The van der Waals surface area contributed by atoms with E-state index in [9.17, 15) is 18.7 Å². The average Bonchev–Trinajstić information content (AvgIpc) is 3.68. The number of hydrogen-bond donors (Lipinski definition) is 2. The molecular weight excluding hydrogens is 416 g/mol. The fraction of sp³-hybridized carbons (Fsp3) is 0.522. The highest BCUT2D eigenvalue weighted by Gasteiger charge is 2.39. The molecule has 5 rings (SSSR count). The van der Waals surface area contributed by atoms with Crippen LogP contribution in [-0.2, 0) is 6.54 Å². The molecule has 0 spiro atoms. The lowest BCUT2D eigenvalue weighted by molar-refractivity contribution is 0.160. The third kappa shape index (κ3) is 4.47. The van der Waals surface area contributed by atoms with Gasteiger partial charge < -0.3 is 20.2 Å². The zero-order valence-electron chi connectivity index (χ0n) is 17.8. The van der Waals surface area contributed by atoms with Gasteiger partial charge >= 0.3 is 12.0 Å². The Morgan fingerprint density at radius 1 is 1.16 bits per heavy atom. The Labute approximate surface area is 185 Å². The minimum atomic E-state index is -0.473. The highest BCUT2D eigenvalue weighted by Crippen LogP contribution is 2.41. The fourth-order valence-electron chi connectivity index (χ4n) is 4.60. The predicted molar refractivity (Wildman–Crippen MR) is 114 cm³/mol. The minimum absolute atomic E-state index is 0.0211. The van der Waals surface area contributed by atoms with E-state index < -0.39 is 11.6 Å². The lowest BCUT2D eigenvalue weighted by Crippen LogP contribution is -2.54. The van der Waals surface area contributed by atoms with Gasteiger partial charge in [-0.1, -0.05) is 0 Å². The zero-order chi connectivity index (χ0) is 22.2. The molecule has 32 heavy (non-hydrogen) atoms. The van der Waals surface area contributed by atoms with Gasteiger partial charge in [0.1, 0.15) is 17.5 Å². The van der Waals surface area contributed by atoms with Crippen LogP contribution in [0.25, 0.3) is 0 Å². The van der Waals surface area contributed by atoms with Crippen molar-refractivity contribution in [3.8, 4) is 6.01 Å². The second-order valence-electron chi connectivity index (χ2n) is 8.99. The Morgan fingerprint density at radius 3 is 2.69 bits per heavy atom. The van der Waals surface area contributed by atoms with Crippen LogP contribution in [0.1, 0.15) is 55.6 Å². The van der Waals surface area contributed by atoms with Crippen molar-refractivity contribution in [2.45, 2.75) is 63.1 Å². The molecule has 9 heteroatoms. The molecule has 3 fully saturated rings. The summed E-state index contributed by atoms with van der Waals surface area (Å²) in [5, 5.41) is 12.4. The van der Waals surface area contributed by atoms with Gasteiger partial charge in [-0.2, -0.15) is 4.98 Å². The second kappa shape index (κ2) is 8.52. The summed E-state index contributed by atoms with van der Waals surface area (Å²) < 4.78 is 28.8. The molecular formula is C23H27F2N5O2. The van der Waals surface area contributed by atoms with Gasteiger partial charge in [0.25, 0.3) is 0 Å². The van der Waals surface area contributed by atoms with E-state index in [1.54, 1.807) is 6.07 Å². The first kappa shape index (κ1) is 20.9. The third-order valence-corrected chi connectivity index (χ3v) is 6.53. The van der Waals surface area contributed by atoms with Gasteiger partial charge in [0.05, 0.1) is 6.04 Å². The van der Waals surface area contributed by atoms with Crippen molar-refractivity contribution in [1.29, 1.82) is 0 Å². The van der Waals surface area contributed by atoms with Gasteiger partial charge in [-0.05, 0) is 68.2 Å². The molecule has 2 heterocycles. The maximum Gasteiger partial charge on any atom is 0.318 e. The maximum absolute atomic E-state index is 14.5. The second-order valence-corrected chi connectivity index (χ2v) is 8.99. The summed E-state index contributed by atoms with van der Waals surface area (Å²) in [6.07, 6.45) is 6.93. The summed E-state index contributed by atoms with van der Waals surface area (Å²) in [5.41, 5.74) is 0.605. The molecule has 1 aromatic carbocycles. The Bertz CT molecular complexity index is 1010. The first-order valence-corrected chi connectivity index (χ1v) is 11.3. The summed E-state index contributed by atoms with van der Waals surface area (Å²) in [6.45, 7) is 1.33. The van der Waals surface area contributed by atoms with Crippen LogP contribution >= 0.6 is 0 Å².